The monoisotopic (exact) mass is 388 g/mol. The summed E-state index contributed by atoms with van der Waals surface area (Å²) >= 11 is 0. The third-order valence-electron chi connectivity index (χ3n) is 4.89. The van der Waals surface area contributed by atoms with Gasteiger partial charge in [0.15, 0.2) is 0 Å². The molecule has 3 rings (SSSR count). The van der Waals surface area contributed by atoms with Crippen LogP contribution in [0.5, 0.6) is 5.75 Å². The highest BCUT2D eigenvalue weighted by Crippen LogP contribution is 2.21. The summed E-state index contributed by atoms with van der Waals surface area (Å²) in [6.07, 6.45) is 2.15. The summed E-state index contributed by atoms with van der Waals surface area (Å²) in [5.41, 5.74) is 1.36. The van der Waals surface area contributed by atoms with E-state index in [1.807, 2.05) is 13.0 Å². The lowest BCUT2D eigenvalue weighted by atomic mass is 10.1. The lowest BCUT2D eigenvalue weighted by Gasteiger charge is -2.34. The van der Waals surface area contributed by atoms with E-state index in [4.69, 9.17) is 4.74 Å². The average Bonchev–Trinajstić information content (AvgIpc) is 2.70. The summed E-state index contributed by atoms with van der Waals surface area (Å²) < 4.78 is 32.6. The van der Waals surface area contributed by atoms with Crippen LogP contribution in [0, 0.1) is 0 Å². The summed E-state index contributed by atoms with van der Waals surface area (Å²) in [5.74, 6) is 0.694. The molecule has 1 fully saturated rings. The number of hydrogen-bond acceptors (Lipinski definition) is 4. The lowest BCUT2D eigenvalue weighted by molar-refractivity contribution is 0.187. The van der Waals surface area contributed by atoms with Crippen molar-refractivity contribution in [2.45, 2.75) is 24.7 Å². The fourth-order valence-corrected chi connectivity index (χ4v) is 4.79. The molecule has 1 aliphatic heterocycles. The summed E-state index contributed by atoms with van der Waals surface area (Å²) in [6.45, 7) is 6.13. The van der Waals surface area contributed by atoms with Gasteiger partial charge in [-0.25, -0.2) is 8.42 Å². The molecule has 1 saturated heterocycles. The second kappa shape index (κ2) is 9.35. The van der Waals surface area contributed by atoms with Crippen molar-refractivity contribution in [3.8, 4) is 5.75 Å². The van der Waals surface area contributed by atoms with Crippen molar-refractivity contribution in [2.24, 2.45) is 0 Å². The number of piperazine rings is 1. The largest absolute Gasteiger partial charge is 0.494 e. The molecular formula is C21H28N2O3S. The molecule has 5 nitrogen and oxygen atoms in total. The van der Waals surface area contributed by atoms with Crippen molar-refractivity contribution < 1.29 is 13.2 Å². The molecule has 0 aliphatic carbocycles. The zero-order valence-electron chi connectivity index (χ0n) is 15.9. The van der Waals surface area contributed by atoms with Gasteiger partial charge < -0.3 is 9.64 Å². The van der Waals surface area contributed by atoms with Crippen LogP contribution in [0.1, 0.15) is 18.9 Å². The molecular weight excluding hydrogens is 360 g/mol. The zero-order chi connectivity index (χ0) is 19.1. The molecule has 1 aliphatic rings. The molecule has 1 heterocycles. The number of aryl methyl sites for hydroxylation is 1. The minimum Gasteiger partial charge on any atom is -0.494 e. The van der Waals surface area contributed by atoms with Gasteiger partial charge in [-0.2, -0.15) is 4.31 Å². The molecule has 0 unspecified atom stereocenters. The van der Waals surface area contributed by atoms with Gasteiger partial charge in [0.05, 0.1) is 11.5 Å². The van der Waals surface area contributed by atoms with E-state index in [1.54, 1.807) is 28.6 Å². The topological polar surface area (TPSA) is 49.9 Å². The highest BCUT2D eigenvalue weighted by Gasteiger charge is 2.28. The predicted octanol–water partition coefficient (Wildman–Crippen LogP) is 3.02. The van der Waals surface area contributed by atoms with Gasteiger partial charge in [-0.1, -0.05) is 30.3 Å². The summed E-state index contributed by atoms with van der Waals surface area (Å²) in [6, 6.07) is 17.2. The lowest BCUT2D eigenvalue weighted by Crippen LogP contribution is -2.48. The van der Waals surface area contributed by atoms with Crippen LogP contribution in [0.3, 0.4) is 0 Å². The van der Waals surface area contributed by atoms with E-state index < -0.39 is 10.0 Å². The minimum atomic E-state index is -3.43. The number of benzene rings is 2. The van der Waals surface area contributed by atoms with Crippen LogP contribution in [-0.4, -0.2) is 57.0 Å². The molecule has 0 saturated carbocycles. The Morgan fingerprint density at radius 2 is 1.59 bits per heavy atom. The maximum absolute atomic E-state index is 12.8. The van der Waals surface area contributed by atoms with Crippen LogP contribution in [0.4, 0.5) is 0 Å². The standard InChI is InChI=1S/C21H28N2O3S/c1-2-26-20-10-12-21(13-11-20)27(24,25)23-17-15-22(16-18-23)14-6-9-19-7-4-3-5-8-19/h3-5,7-8,10-13H,2,6,9,14-18H2,1H3. The first-order chi connectivity index (χ1) is 13.1. The van der Waals surface area contributed by atoms with E-state index in [-0.39, 0.29) is 0 Å². The second-order valence-corrected chi connectivity index (χ2v) is 8.68. The van der Waals surface area contributed by atoms with Crippen LogP contribution >= 0.6 is 0 Å². The summed E-state index contributed by atoms with van der Waals surface area (Å²) in [4.78, 5) is 2.69. The molecule has 27 heavy (non-hydrogen) atoms. The Morgan fingerprint density at radius 3 is 2.22 bits per heavy atom. The minimum absolute atomic E-state index is 0.337. The van der Waals surface area contributed by atoms with Crippen LogP contribution in [0.25, 0.3) is 0 Å². The van der Waals surface area contributed by atoms with Crippen molar-refractivity contribution in [1.82, 2.24) is 9.21 Å². The highest BCUT2D eigenvalue weighted by atomic mass is 32.2. The Kier molecular flexibility index (Phi) is 6.88. The first-order valence-corrected chi connectivity index (χ1v) is 11.0. The number of rotatable bonds is 8. The van der Waals surface area contributed by atoms with Crippen LogP contribution in [0.15, 0.2) is 59.5 Å². The maximum Gasteiger partial charge on any atom is 0.243 e. The molecule has 2 aromatic rings. The summed E-state index contributed by atoms with van der Waals surface area (Å²) in [5, 5.41) is 0. The normalized spacial score (nSPS) is 16.3. The molecule has 146 valence electrons. The molecule has 0 aromatic heterocycles. The van der Waals surface area contributed by atoms with Gasteiger partial charge >= 0.3 is 0 Å². The van der Waals surface area contributed by atoms with Gasteiger partial charge in [-0.05, 0) is 56.1 Å². The fraction of sp³-hybridized carbons (Fsp3) is 0.429. The number of ether oxygens (including phenoxy) is 1. The predicted molar refractivity (Wildman–Crippen MR) is 108 cm³/mol. The van der Waals surface area contributed by atoms with Crippen molar-refractivity contribution in [3.63, 3.8) is 0 Å². The molecule has 0 spiro atoms. The third-order valence-corrected chi connectivity index (χ3v) is 6.80. The molecule has 0 amide bonds. The van der Waals surface area contributed by atoms with Crippen molar-refractivity contribution in [2.75, 3.05) is 39.3 Å². The SMILES string of the molecule is CCOc1ccc(S(=O)(=O)N2CCN(CCCc3ccccc3)CC2)cc1. The van der Waals surface area contributed by atoms with Crippen molar-refractivity contribution in [1.29, 1.82) is 0 Å². The van der Waals surface area contributed by atoms with Gasteiger partial charge in [0, 0.05) is 26.2 Å². The highest BCUT2D eigenvalue weighted by molar-refractivity contribution is 7.89. The smallest absolute Gasteiger partial charge is 0.243 e. The van der Waals surface area contributed by atoms with Gasteiger partial charge in [0.1, 0.15) is 5.75 Å². The Labute approximate surface area is 162 Å². The third kappa shape index (κ3) is 5.31. The maximum atomic E-state index is 12.8. The quantitative estimate of drug-likeness (QED) is 0.698. The van der Waals surface area contributed by atoms with Crippen LogP contribution in [-0.2, 0) is 16.4 Å². The number of sulfonamides is 1. The van der Waals surface area contributed by atoms with Crippen molar-refractivity contribution >= 4 is 10.0 Å². The molecule has 6 heteroatoms. The fourth-order valence-electron chi connectivity index (χ4n) is 3.37. The number of hydrogen-bond donors (Lipinski definition) is 0. The Bertz CT molecular complexity index is 799. The van der Waals surface area contributed by atoms with E-state index in [0.717, 1.165) is 32.5 Å². The first-order valence-electron chi connectivity index (χ1n) is 9.59. The molecule has 0 bridgehead atoms. The number of nitrogens with zero attached hydrogens (tertiary/aromatic N) is 2. The van der Waals surface area contributed by atoms with E-state index in [9.17, 15) is 8.42 Å². The van der Waals surface area contributed by atoms with Crippen LogP contribution in [0.2, 0.25) is 0 Å². The van der Waals surface area contributed by atoms with E-state index in [2.05, 4.69) is 29.2 Å². The van der Waals surface area contributed by atoms with E-state index in [0.29, 0.717) is 30.3 Å². The molecule has 0 N–H and O–H groups in total. The average molecular weight is 389 g/mol. The van der Waals surface area contributed by atoms with Gasteiger partial charge in [-0.3, -0.25) is 0 Å². The van der Waals surface area contributed by atoms with Gasteiger partial charge in [0.25, 0.3) is 0 Å². The van der Waals surface area contributed by atoms with Crippen LogP contribution < -0.4 is 4.74 Å². The zero-order valence-corrected chi connectivity index (χ0v) is 16.7. The second-order valence-electron chi connectivity index (χ2n) is 6.74. The Morgan fingerprint density at radius 1 is 0.926 bits per heavy atom. The molecule has 0 atom stereocenters. The van der Waals surface area contributed by atoms with Gasteiger partial charge in [0.2, 0.25) is 10.0 Å². The Balaban J connectivity index is 1.49. The van der Waals surface area contributed by atoms with E-state index in [1.165, 1.54) is 5.56 Å². The van der Waals surface area contributed by atoms with E-state index >= 15 is 0 Å². The van der Waals surface area contributed by atoms with Gasteiger partial charge in [-0.15, -0.1) is 0 Å². The van der Waals surface area contributed by atoms with Crippen molar-refractivity contribution in [3.05, 3.63) is 60.2 Å². The summed E-state index contributed by atoms with van der Waals surface area (Å²) in [7, 11) is -3.43. The molecule has 0 radical (unpaired) electrons. The Hall–Kier alpha value is -1.89. The molecule has 2 aromatic carbocycles. The first kappa shape index (κ1) is 19.9.